The first-order valence-electron chi connectivity index (χ1n) is 8.30. The van der Waals surface area contributed by atoms with E-state index in [2.05, 4.69) is 10.2 Å². The molecule has 0 aromatic carbocycles. The van der Waals surface area contributed by atoms with Gasteiger partial charge in [-0.25, -0.2) is 0 Å². The zero-order valence-electron chi connectivity index (χ0n) is 14.9. The third-order valence-corrected chi connectivity index (χ3v) is 4.42. The Labute approximate surface area is 137 Å². The lowest BCUT2D eigenvalue weighted by molar-refractivity contribution is -0.171. The summed E-state index contributed by atoms with van der Waals surface area (Å²) in [6.07, 6.45) is 0.758. The molecule has 2 aliphatic heterocycles. The minimum Gasteiger partial charge on any atom is -0.369 e. The van der Waals surface area contributed by atoms with Gasteiger partial charge in [-0.3, -0.25) is 9.89 Å². The van der Waals surface area contributed by atoms with Crippen LogP contribution >= 0.6 is 0 Å². The first-order valence-corrected chi connectivity index (χ1v) is 8.30. The Morgan fingerprint density at radius 3 is 2.43 bits per heavy atom. The van der Waals surface area contributed by atoms with Gasteiger partial charge in [-0.15, -0.1) is 0 Å². The number of hydrogen-bond acceptors (Lipinski definition) is 4. The summed E-state index contributed by atoms with van der Waals surface area (Å²) < 4.78 is 11.9. The van der Waals surface area contributed by atoms with Gasteiger partial charge >= 0.3 is 0 Å². The Morgan fingerprint density at radius 2 is 1.83 bits per heavy atom. The fraction of sp³-hybridized carbons (Fsp3) is 0.765. The minimum absolute atomic E-state index is 0.0201. The molecule has 0 saturated carbocycles. The van der Waals surface area contributed by atoms with Crippen LogP contribution in [0.3, 0.4) is 0 Å². The number of carbonyl (C=O) groups is 1. The summed E-state index contributed by atoms with van der Waals surface area (Å²) in [5, 5.41) is 7.32. The number of carbonyl (C=O) groups excluding carboxylic acids is 1. The highest BCUT2D eigenvalue weighted by Crippen LogP contribution is 2.33. The molecule has 0 radical (unpaired) electrons. The van der Waals surface area contributed by atoms with Crippen molar-refractivity contribution in [3.8, 4) is 0 Å². The van der Waals surface area contributed by atoms with Crippen molar-refractivity contribution in [3.05, 3.63) is 17.0 Å². The van der Waals surface area contributed by atoms with Crippen molar-refractivity contribution in [1.29, 1.82) is 0 Å². The smallest absolute Gasteiger partial charge is 0.274 e. The predicted molar refractivity (Wildman–Crippen MR) is 86.4 cm³/mol. The van der Waals surface area contributed by atoms with Crippen molar-refractivity contribution < 1.29 is 14.3 Å². The molecule has 128 valence electrons. The van der Waals surface area contributed by atoms with Gasteiger partial charge in [0.1, 0.15) is 0 Å². The number of hydrogen-bond donors (Lipinski definition) is 1. The number of morpholine rings is 1. The van der Waals surface area contributed by atoms with Gasteiger partial charge < -0.3 is 14.4 Å². The van der Waals surface area contributed by atoms with E-state index in [1.54, 1.807) is 0 Å². The van der Waals surface area contributed by atoms with Gasteiger partial charge in [-0.05, 0) is 41.5 Å². The van der Waals surface area contributed by atoms with Gasteiger partial charge in [0.05, 0.1) is 29.1 Å². The maximum absolute atomic E-state index is 13.1. The van der Waals surface area contributed by atoms with E-state index in [9.17, 15) is 4.79 Å². The molecule has 3 rings (SSSR count). The van der Waals surface area contributed by atoms with Crippen LogP contribution in [0.15, 0.2) is 0 Å². The molecule has 1 aromatic heterocycles. The van der Waals surface area contributed by atoms with Crippen molar-refractivity contribution in [2.45, 2.75) is 71.4 Å². The maximum atomic E-state index is 13.1. The Bertz CT molecular complexity index is 605. The van der Waals surface area contributed by atoms with Crippen LogP contribution in [0.1, 0.15) is 69.4 Å². The van der Waals surface area contributed by atoms with Gasteiger partial charge in [0.2, 0.25) is 0 Å². The summed E-state index contributed by atoms with van der Waals surface area (Å²) in [7, 11) is 0. The second kappa shape index (κ2) is 5.31. The number of rotatable bonds is 1. The van der Waals surface area contributed by atoms with Crippen LogP contribution in [0.5, 0.6) is 0 Å². The lowest BCUT2D eigenvalue weighted by Gasteiger charge is -2.47. The summed E-state index contributed by atoms with van der Waals surface area (Å²) in [4.78, 5) is 14.9. The average molecular weight is 321 g/mol. The first kappa shape index (κ1) is 16.5. The van der Waals surface area contributed by atoms with E-state index >= 15 is 0 Å². The van der Waals surface area contributed by atoms with Gasteiger partial charge in [0.15, 0.2) is 5.69 Å². The van der Waals surface area contributed by atoms with Crippen molar-refractivity contribution in [2.75, 3.05) is 13.1 Å². The zero-order valence-corrected chi connectivity index (χ0v) is 14.9. The zero-order chi connectivity index (χ0) is 17.0. The molecule has 0 bridgehead atoms. The van der Waals surface area contributed by atoms with Gasteiger partial charge in [0.25, 0.3) is 5.91 Å². The van der Waals surface area contributed by atoms with E-state index in [1.165, 1.54) is 0 Å². The van der Waals surface area contributed by atoms with Crippen molar-refractivity contribution >= 4 is 5.91 Å². The molecule has 6 nitrogen and oxygen atoms in total. The molecule has 6 heteroatoms. The van der Waals surface area contributed by atoms with E-state index < -0.39 is 0 Å². The molecular formula is C17H27N3O3. The van der Waals surface area contributed by atoms with Crippen molar-refractivity contribution in [1.82, 2.24) is 15.1 Å². The van der Waals surface area contributed by atoms with Crippen LogP contribution in [0.2, 0.25) is 0 Å². The third-order valence-electron chi connectivity index (χ3n) is 4.42. The van der Waals surface area contributed by atoms with Gasteiger partial charge in [0, 0.05) is 25.1 Å². The predicted octanol–water partition coefficient (Wildman–Crippen LogP) is 2.46. The molecule has 1 saturated heterocycles. The number of ether oxygens (including phenoxy) is 2. The highest BCUT2D eigenvalue weighted by atomic mass is 16.5. The fourth-order valence-electron chi connectivity index (χ4n) is 3.93. The number of nitrogens with one attached hydrogen (secondary N) is 1. The highest BCUT2D eigenvalue weighted by molar-refractivity contribution is 5.94. The molecule has 1 fully saturated rings. The molecule has 1 amide bonds. The minimum atomic E-state index is -0.364. The quantitative estimate of drug-likeness (QED) is 0.863. The Balaban J connectivity index is 1.90. The molecule has 23 heavy (non-hydrogen) atoms. The summed E-state index contributed by atoms with van der Waals surface area (Å²) in [6.45, 7) is 13.2. The second-order valence-electron chi connectivity index (χ2n) is 8.04. The van der Waals surface area contributed by atoms with Crippen LogP contribution in [0, 0.1) is 0 Å². The maximum Gasteiger partial charge on any atom is 0.274 e. The summed E-state index contributed by atoms with van der Waals surface area (Å²) >= 11 is 0. The SMILES string of the molecule is C[C@@H]1Cc2c(C(=O)N3CC(C)(C)OC(C)(C)C3)n[nH]c2[C@H](C)O1. The van der Waals surface area contributed by atoms with E-state index in [0.717, 1.165) is 11.3 Å². The van der Waals surface area contributed by atoms with Crippen molar-refractivity contribution in [3.63, 3.8) is 0 Å². The number of aromatic nitrogens is 2. The second-order valence-corrected chi connectivity index (χ2v) is 8.04. The van der Waals surface area contributed by atoms with E-state index in [4.69, 9.17) is 9.47 Å². The number of H-pyrrole nitrogens is 1. The molecule has 2 atom stereocenters. The molecule has 0 spiro atoms. The third kappa shape index (κ3) is 3.15. The molecule has 1 aromatic rings. The van der Waals surface area contributed by atoms with Gasteiger partial charge in [-0.2, -0.15) is 5.10 Å². The van der Waals surface area contributed by atoms with Crippen LogP contribution in [-0.4, -0.2) is 51.4 Å². The summed E-state index contributed by atoms with van der Waals surface area (Å²) in [5.74, 6) is -0.0201. The largest absolute Gasteiger partial charge is 0.369 e. The number of fused-ring (bicyclic) bond motifs is 1. The van der Waals surface area contributed by atoms with Gasteiger partial charge in [-0.1, -0.05) is 0 Å². The highest BCUT2D eigenvalue weighted by Gasteiger charge is 2.41. The topological polar surface area (TPSA) is 67.5 Å². The summed E-state index contributed by atoms with van der Waals surface area (Å²) in [6, 6.07) is 0. The Morgan fingerprint density at radius 1 is 1.22 bits per heavy atom. The number of nitrogens with zero attached hydrogens (tertiary/aromatic N) is 2. The van der Waals surface area contributed by atoms with E-state index in [1.807, 2.05) is 46.4 Å². The van der Waals surface area contributed by atoms with Crippen LogP contribution in [0.4, 0.5) is 0 Å². The first-order chi connectivity index (χ1) is 10.6. The van der Waals surface area contributed by atoms with Crippen LogP contribution in [-0.2, 0) is 15.9 Å². The lowest BCUT2D eigenvalue weighted by atomic mass is 9.96. The molecular weight excluding hydrogens is 294 g/mol. The standard InChI is InChI=1S/C17H27N3O3/c1-10-7-12-13(11(2)22-10)18-19-14(12)15(21)20-8-16(3,4)23-17(5,6)9-20/h10-11H,7-9H2,1-6H3,(H,18,19)/t10-,11+/m1/s1. The fourth-order valence-corrected chi connectivity index (χ4v) is 3.93. The Hall–Kier alpha value is -1.40. The number of amides is 1. The number of aromatic amines is 1. The van der Waals surface area contributed by atoms with Crippen LogP contribution in [0.25, 0.3) is 0 Å². The Kier molecular flexibility index (Phi) is 3.80. The van der Waals surface area contributed by atoms with Crippen LogP contribution < -0.4 is 0 Å². The molecule has 3 heterocycles. The van der Waals surface area contributed by atoms with E-state index in [0.29, 0.717) is 25.2 Å². The molecule has 2 aliphatic rings. The molecule has 0 unspecified atom stereocenters. The molecule has 1 N–H and O–H groups in total. The molecule has 0 aliphatic carbocycles. The lowest BCUT2D eigenvalue weighted by Crippen LogP contribution is -2.58. The monoisotopic (exact) mass is 321 g/mol. The van der Waals surface area contributed by atoms with E-state index in [-0.39, 0.29) is 29.3 Å². The average Bonchev–Trinajstić information content (AvgIpc) is 2.77. The van der Waals surface area contributed by atoms with Crippen molar-refractivity contribution in [2.24, 2.45) is 0 Å². The normalized spacial score (nSPS) is 29.2. The summed E-state index contributed by atoms with van der Waals surface area (Å²) in [5.41, 5.74) is 1.74.